The van der Waals surface area contributed by atoms with Crippen molar-refractivity contribution in [3.05, 3.63) is 83.2 Å². The Hall–Kier alpha value is -3.61. The summed E-state index contributed by atoms with van der Waals surface area (Å²) < 4.78 is 18.1. The first-order valence-electron chi connectivity index (χ1n) is 8.86. The van der Waals surface area contributed by atoms with E-state index >= 15 is 0 Å². The zero-order chi connectivity index (χ0) is 19.5. The van der Waals surface area contributed by atoms with Gasteiger partial charge in [0.05, 0.1) is 11.8 Å². The minimum Gasteiger partial charge on any atom is -0.459 e. The number of aryl methyl sites for hydroxylation is 1. The number of ether oxygens (including phenoxy) is 1. The predicted octanol–water partition coefficient (Wildman–Crippen LogP) is 4.15. The van der Waals surface area contributed by atoms with Crippen molar-refractivity contribution in [2.45, 2.75) is 27.0 Å². The fourth-order valence-corrected chi connectivity index (χ4v) is 3.03. The van der Waals surface area contributed by atoms with Gasteiger partial charge in [-0.25, -0.2) is 4.79 Å². The van der Waals surface area contributed by atoms with Crippen molar-refractivity contribution in [1.29, 1.82) is 0 Å². The van der Waals surface area contributed by atoms with Crippen LogP contribution in [0.3, 0.4) is 0 Å². The third kappa shape index (κ3) is 3.59. The third-order valence-corrected chi connectivity index (χ3v) is 4.50. The second-order valence-electron chi connectivity index (χ2n) is 6.41. The molecular weight excluding hydrogens is 358 g/mol. The number of hydrogen-bond acceptors (Lipinski definition) is 6. The molecule has 0 radical (unpaired) electrons. The Labute approximate surface area is 161 Å². The minimum atomic E-state index is -0.426. The van der Waals surface area contributed by atoms with E-state index in [-0.39, 0.29) is 18.4 Å². The van der Waals surface area contributed by atoms with Crippen molar-refractivity contribution in [1.82, 2.24) is 14.8 Å². The monoisotopic (exact) mass is 377 g/mol. The molecule has 3 heterocycles. The first-order chi connectivity index (χ1) is 13.6. The van der Waals surface area contributed by atoms with Crippen LogP contribution in [0.2, 0.25) is 0 Å². The van der Waals surface area contributed by atoms with Crippen LogP contribution < -0.4 is 0 Å². The lowest BCUT2D eigenvalue weighted by Gasteiger charge is -2.10. The van der Waals surface area contributed by atoms with Gasteiger partial charge in [0.15, 0.2) is 12.4 Å². The van der Waals surface area contributed by atoms with Gasteiger partial charge in [-0.1, -0.05) is 30.3 Å². The van der Waals surface area contributed by atoms with Crippen LogP contribution in [0.15, 0.2) is 63.6 Å². The lowest BCUT2D eigenvalue weighted by molar-refractivity contribution is 0.0437. The van der Waals surface area contributed by atoms with Crippen LogP contribution in [0.1, 0.15) is 33.2 Å². The molecule has 4 aromatic rings. The summed E-state index contributed by atoms with van der Waals surface area (Å²) in [6, 6.07) is 15.4. The molecule has 7 heteroatoms. The largest absolute Gasteiger partial charge is 0.459 e. The topological polar surface area (TPSA) is 83.3 Å². The summed E-state index contributed by atoms with van der Waals surface area (Å²) in [6.45, 7) is 4.48. The Bertz CT molecular complexity index is 1080. The van der Waals surface area contributed by atoms with E-state index in [0.29, 0.717) is 17.9 Å². The van der Waals surface area contributed by atoms with E-state index in [1.54, 1.807) is 12.1 Å². The number of hydrogen-bond donors (Lipinski definition) is 0. The molecule has 0 atom stereocenters. The second kappa shape index (κ2) is 7.56. The molecule has 0 aliphatic heterocycles. The standard InChI is InChI=1S/C21H19N3O4/c1-14-11-17(15(2)24(14)12-16-7-4-3-5-8-16)21(25)27-13-19-22-23-20(28-19)18-9-6-10-26-18/h3-11H,12-13H2,1-2H3. The molecule has 7 nitrogen and oxygen atoms in total. The quantitative estimate of drug-likeness (QED) is 0.469. The third-order valence-electron chi connectivity index (χ3n) is 4.50. The van der Waals surface area contributed by atoms with Gasteiger partial charge in [-0.3, -0.25) is 0 Å². The lowest BCUT2D eigenvalue weighted by atomic mass is 10.2. The fraction of sp³-hybridized carbons (Fsp3) is 0.190. The molecule has 1 aromatic carbocycles. The SMILES string of the molecule is Cc1cc(C(=O)OCc2nnc(-c3ccco3)o2)c(C)n1Cc1ccccc1. The van der Waals surface area contributed by atoms with Crippen LogP contribution in [-0.4, -0.2) is 20.7 Å². The van der Waals surface area contributed by atoms with Gasteiger partial charge in [-0.2, -0.15) is 0 Å². The van der Waals surface area contributed by atoms with Crippen molar-refractivity contribution in [3.8, 4) is 11.7 Å². The van der Waals surface area contributed by atoms with E-state index < -0.39 is 5.97 Å². The Morgan fingerprint density at radius 2 is 1.93 bits per heavy atom. The first kappa shape index (κ1) is 17.8. The van der Waals surface area contributed by atoms with E-state index in [2.05, 4.69) is 26.9 Å². The number of carbonyl (C=O) groups is 1. The average molecular weight is 377 g/mol. The van der Waals surface area contributed by atoms with Crippen LogP contribution in [0.5, 0.6) is 0 Å². The molecule has 0 spiro atoms. The van der Waals surface area contributed by atoms with Crippen molar-refractivity contribution in [2.24, 2.45) is 0 Å². The summed E-state index contributed by atoms with van der Waals surface area (Å²) in [5, 5.41) is 7.77. The number of furan rings is 1. The number of nitrogens with zero attached hydrogens (tertiary/aromatic N) is 3. The molecule has 28 heavy (non-hydrogen) atoms. The van der Waals surface area contributed by atoms with Crippen LogP contribution >= 0.6 is 0 Å². The van der Waals surface area contributed by atoms with Gasteiger partial charge in [0.2, 0.25) is 0 Å². The van der Waals surface area contributed by atoms with Crippen LogP contribution in [0, 0.1) is 13.8 Å². The molecule has 0 bridgehead atoms. The maximum Gasteiger partial charge on any atom is 0.340 e. The van der Waals surface area contributed by atoms with E-state index in [1.807, 2.05) is 38.1 Å². The van der Waals surface area contributed by atoms with Gasteiger partial charge in [0.1, 0.15) is 0 Å². The summed E-state index contributed by atoms with van der Waals surface area (Å²) in [6.07, 6.45) is 1.52. The highest BCUT2D eigenvalue weighted by Gasteiger charge is 2.19. The average Bonchev–Trinajstić information content (AvgIpc) is 3.44. The van der Waals surface area contributed by atoms with Crippen molar-refractivity contribution >= 4 is 5.97 Å². The molecule has 0 saturated heterocycles. The van der Waals surface area contributed by atoms with E-state index in [1.165, 1.54) is 11.8 Å². The van der Waals surface area contributed by atoms with Crippen LogP contribution in [0.4, 0.5) is 0 Å². The van der Waals surface area contributed by atoms with Gasteiger partial charge >= 0.3 is 5.97 Å². The Kier molecular flexibility index (Phi) is 4.80. The number of benzene rings is 1. The Balaban J connectivity index is 1.44. The smallest absolute Gasteiger partial charge is 0.340 e. The maximum absolute atomic E-state index is 12.5. The van der Waals surface area contributed by atoms with E-state index in [0.717, 1.165) is 11.4 Å². The molecule has 142 valence electrons. The van der Waals surface area contributed by atoms with Gasteiger partial charge in [0.25, 0.3) is 11.8 Å². The Morgan fingerprint density at radius 1 is 1.11 bits per heavy atom. The van der Waals surface area contributed by atoms with Crippen molar-refractivity contribution < 1.29 is 18.4 Å². The molecule has 3 aromatic heterocycles. The first-order valence-corrected chi connectivity index (χ1v) is 8.86. The molecular formula is C21H19N3O4. The van der Waals surface area contributed by atoms with Gasteiger partial charge in [0, 0.05) is 17.9 Å². The van der Waals surface area contributed by atoms with E-state index in [9.17, 15) is 4.79 Å². The summed E-state index contributed by atoms with van der Waals surface area (Å²) >= 11 is 0. The molecule has 0 saturated carbocycles. The number of aromatic nitrogens is 3. The van der Waals surface area contributed by atoms with Crippen molar-refractivity contribution in [2.75, 3.05) is 0 Å². The maximum atomic E-state index is 12.5. The molecule has 0 N–H and O–H groups in total. The summed E-state index contributed by atoms with van der Waals surface area (Å²) in [5.41, 5.74) is 3.54. The second-order valence-corrected chi connectivity index (χ2v) is 6.41. The molecule has 0 unspecified atom stereocenters. The highest BCUT2D eigenvalue weighted by atomic mass is 16.5. The summed E-state index contributed by atoms with van der Waals surface area (Å²) in [7, 11) is 0. The number of carbonyl (C=O) groups excluding carboxylic acids is 1. The van der Waals surface area contributed by atoms with Gasteiger partial charge in [-0.15, -0.1) is 10.2 Å². The van der Waals surface area contributed by atoms with Crippen LogP contribution in [0.25, 0.3) is 11.7 Å². The normalized spacial score (nSPS) is 10.9. The summed E-state index contributed by atoms with van der Waals surface area (Å²) in [4.78, 5) is 12.5. The Morgan fingerprint density at radius 3 is 2.68 bits per heavy atom. The number of esters is 1. The predicted molar refractivity (Wildman–Crippen MR) is 101 cm³/mol. The van der Waals surface area contributed by atoms with E-state index in [4.69, 9.17) is 13.6 Å². The minimum absolute atomic E-state index is 0.102. The summed E-state index contributed by atoms with van der Waals surface area (Å²) in [5.74, 6) is 0.495. The lowest BCUT2D eigenvalue weighted by Crippen LogP contribution is -2.09. The van der Waals surface area contributed by atoms with Crippen LogP contribution in [-0.2, 0) is 17.9 Å². The van der Waals surface area contributed by atoms with Crippen molar-refractivity contribution in [3.63, 3.8) is 0 Å². The molecule has 0 fully saturated rings. The van der Waals surface area contributed by atoms with Gasteiger partial charge in [-0.05, 0) is 37.6 Å². The highest BCUT2D eigenvalue weighted by molar-refractivity contribution is 5.91. The molecule has 0 aliphatic rings. The molecule has 0 aliphatic carbocycles. The highest BCUT2D eigenvalue weighted by Crippen LogP contribution is 2.20. The number of rotatable bonds is 6. The molecule has 4 rings (SSSR count). The fourth-order valence-electron chi connectivity index (χ4n) is 3.03. The zero-order valence-electron chi connectivity index (χ0n) is 15.6. The molecule has 0 amide bonds. The zero-order valence-corrected chi connectivity index (χ0v) is 15.6. The van der Waals surface area contributed by atoms with Gasteiger partial charge < -0.3 is 18.1 Å².